The van der Waals surface area contributed by atoms with Gasteiger partial charge in [-0.25, -0.2) is 9.18 Å². The number of thioether (sulfide) groups is 1. The summed E-state index contributed by atoms with van der Waals surface area (Å²) < 4.78 is 19.2. The number of halogens is 1. The van der Waals surface area contributed by atoms with Crippen molar-refractivity contribution in [3.05, 3.63) is 30.1 Å². The van der Waals surface area contributed by atoms with Crippen LogP contribution >= 0.6 is 11.8 Å². The molecule has 3 aliphatic rings. The van der Waals surface area contributed by atoms with Gasteiger partial charge in [0, 0.05) is 38.4 Å². The van der Waals surface area contributed by atoms with Crippen LogP contribution in [-0.2, 0) is 19.1 Å². The lowest BCUT2D eigenvalue weighted by molar-refractivity contribution is -0.158. The molecule has 1 aromatic carbocycles. The fourth-order valence-electron chi connectivity index (χ4n) is 4.22. The molecule has 2 atom stereocenters. The summed E-state index contributed by atoms with van der Waals surface area (Å²) in [6.07, 6.45) is 1.17. The van der Waals surface area contributed by atoms with E-state index in [2.05, 4.69) is 0 Å². The Morgan fingerprint density at radius 1 is 1.24 bits per heavy atom. The van der Waals surface area contributed by atoms with Crippen LogP contribution in [0.3, 0.4) is 0 Å². The molecule has 29 heavy (non-hydrogen) atoms. The molecule has 2 amide bonds. The summed E-state index contributed by atoms with van der Waals surface area (Å²) in [6.45, 7) is 3.54. The van der Waals surface area contributed by atoms with E-state index in [0.717, 1.165) is 6.42 Å². The van der Waals surface area contributed by atoms with Crippen LogP contribution in [0.4, 0.5) is 10.1 Å². The van der Waals surface area contributed by atoms with Crippen LogP contribution in [0.15, 0.2) is 24.3 Å². The third kappa shape index (κ3) is 3.80. The van der Waals surface area contributed by atoms with Gasteiger partial charge in [-0.05, 0) is 25.5 Å². The molecule has 0 radical (unpaired) electrons. The van der Waals surface area contributed by atoms with Gasteiger partial charge in [0.25, 0.3) is 5.91 Å². The number of anilines is 1. The number of carbonyl (C=O) groups excluding carboxylic acids is 3. The number of esters is 1. The standard InChI is InChI=1S/C20H24FN3O4S/c1-20-7-6-17(25)24(20)16(13-29-20)19(27)28-12-18(26)23-10-8-22(9-11-23)15-5-3-2-4-14(15)21/h2-5,16H,6-13H2,1H3/t16-,20+/m1/s1. The number of fused-ring (bicyclic) bond motifs is 1. The maximum Gasteiger partial charge on any atom is 0.330 e. The van der Waals surface area contributed by atoms with E-state index in [0.29, 0.717) is 44.0 Å². The molecule has 0 spiro atoms. The van der Waals surface area contributed by atoms with Crippen molar-refractivity contribution >= 4 is 35.2 Å². The van der Waals surface area contributed by atoms with Gasteiger partial charge in [-0.1, -0.05) is 12.1 Å². The lowest BCUT2D eigenvalue weighted by Gasteiger charge is -2.36. The van der Waals surface area contributed by atoms with Crippen LogP contribution in [0.2, 0.25) is 0 Å². The zero-order valence-electron chi connectivity index (χ0n) is 16.3. The molecule has 3 saturated heterocycles. The molecule has 156 valence electrons. The smallest absolute Gasteiger partial charge is 0.330 e. The number of amides is 2. The van der Waals surface area contributed by atoms with Crippen LogP contribution in [0, 0.1) is 5.82 Å². The molecule has 0 aromatic heterocycles. The van der Waals surface area contributed by atoms with Crippen molar-refractivity contribution in [2.75, 3.05) is 43.4 Å². The number of carbonyl (C=O) groups is 3. The van der Waals surface area contributed by atoms with Crippen molar-refractivity contribution in [1.29, 1.82) is 0 Å². The lowest BCUT2D eigenvalue weighted by Crippen LogP contribution is -2.51. The van der Waals surface area contributed by atoms with Gasteiger partial charge in [0.1, 0.15) is 11.9 Å². The first-order chi connectivity index (χ1) is 13.9. The fraction of sp³-hybridized carbons (Fsp3) is 0.550. The molecule has 0 saturated carbocycles. The average molecular weight is 421 g/mol. The van der Waals surface area contributed by atoms with Gasteiger partial charge in [-0.15, -0.1) is 11.8 Å². The minimum Gasteiger partial charge on any atom is -0.454 e. The molecule has 7 nitrogen and oxygen atoms in total. The zero-order valence-corrected chi connectivity index (χ0v) is 17.1. The van der Waals surface area contributed by atoms with E-state index in [1.807, 2.05) is 11.8 Å². The molecule has 4 rings (SSSR count). The number of nitrogens with zero attached hydrogens (tertiary/aromatic N) is 3. The normalized spacial score (nSPS) is 26.6. The fourth-order valence-corrected chi connectivity index (χ4v) is 5.64. The van der Waals surface area contributed by atoms with Crippen LogP contribution in [-0.4, -0.2) is 77.0 Å². The number of piperazine rings is 1. The predicted molar refractivity (Wildman–Crippen MR) is 107 cm³/mol. The Morgan fingerprint density at radius 2 is 1.97 bits per heavy atom. The van der Waals surface area contributed by atoms with E-state index >= 15 is 0 Å². The van der Waals surface area contributed by atoms with Crippen molar-refractivity contribution in [2.24, 2.45) is 0 Å². The Kier molecular flexibility index (Phi) is 5.42. The molecule has 1 aromatic rings. The number of ether oxygens (including phenoxy) is 1. The molecule has 3 fully saturated rings. The van der Waals surface area contributed by atoms with E-state index in [-0.39, 0.29) is 29.1 Å². The van der Waals surface area contributed by atoms with Crippen molar-refractivity contribution in [1.82, 2.24) is 9.80 Å². The number of benzene rings is 1. The van der Waals surface area contributed by atoms with Crippen molar-refractivity contribution in [3.8, 4) is 0 Å². The summed E-state index contributed by atoms with van der Waals surface area (Å²) in [5, 5.41) is 0. The highest BCUT2D eigenvalue weighted by molar-refractivity contribution is 8.01. The summed E-state index contributed by atoms with van der Waals surface area (Å²) in [6, 6.07) is 5.96. The highest BCUT2D eigenvalue weighted by atomic mass is 32.2. The Balaban J connectivity index is 1.27. The maximum absolute atomic E-state index is 13.9. The molecule has 0 unspecified atom stereocenters. The largest absolute Gasteiger partial charge is 0.454 e. The Hall–Kier alpha value is -2.29. The Morgan fingerprint density at radius 3 is 2.69 bits per heavy atom. The van der Waals surface area contributed by atoms with Crippen LogP contribution in [0.5, 0.6) is 0 Å². The van der Waals surface area contributed by atoms with Gasteiger partial charge in [0.05, 0.1) is 10.6 Å². The molecular weight excluding hydrogens is 397 g/mol. The van der Waals surface area contributed by atoms with Gasteiger partial charge >= 0.3 is 5.97 Å². The average Bonchev–Trinajstić information content (AvgIpc) is 3.22. The van der Waals surface area contributed by atoms with E-state index in [1.165, 1.54) is 6.07 Å². The topological polar surface area (TPSA) is 70.2 Å². The molecule has 0 bridgehead atoms. The molecule has 0 N–H and O–H groups in total. The molecular formula is C20H24FN3O4S. The van der Waals surface area contributed by atoms with Crippen LogP contribution < -0.4 is 4.90 Å². The first-order valence-electron chi connectivity index (χ1n) is 9.79. The molecule has 0 aliphatic carbocycles. The third-order valence-corrected chi connectivity index (χ3v) is 7.39. The van der Waals surface area contributed by atoms with E-state index in [1.54, 1.807) is 39.8 Å². The van der Waals surface area contributed by atoms with E-state index in [9.17, 15) is 18.8 Å². The first kappa shape index (κ1) is 20.0. The minimum absolute atomic E-state index is 0.0324. The lowest BCUT2D eigenvalue weighted by atomic mass is 10.2. The number of rotatable bonds is 4. The zero-order chi connectivity index (χ0) is 20.6. The second-order valence-electron chi connectivity index (χ2n) is 7.69. The first-order valence-corrected chi connectivity index (χ1v) is 10.8. The summed E-state index contributed by atoms with van der Waals surface area (Å²) in [7, 11) is 0. The summed E-state index contributed by atoms with van der Waals surface area (Å²) in [5.74, 6) is -0.604. The summed E-state index contributed by atoms with van der Waals surface area (Å²) in [4.78, 5) is 41.9. The van der Waals surface area contributed by atoms with Crippen molar-refractivity contribution in [2.45, 2.75) is 30.7 Å². The van der Waals surface area contributed by atoms with Gasteiger partial charge in [0.2, 0.25) is 5.91 Å². The number of hydrogen-bond donors (Lipinski definition) is 0. The van der Waals surface area contributed by atoms with Crippen molar-refractivity contribution in [3.63, 3.8) is 0 Å². The highest BCUT2D eigenvalue weighted by Gasteiger charge is 2.53. The van der Waals surface area contributed by atoms with Gasteiger partial charge in [0.15, 0.2) is 6.61 Å². The third-order valence-electron chi connectivity index (χ3n) is 5.88. The monoisotopic (exact) mass is 421 g/mol. The second kappa shape index (κ2) is 7.85. The van der Waals surface area contributed by atoms with E-state index in [4.69, 9.17) is 4.74 Å². The maximum atomic E-state index is 13.9. The molecule has 9 heteroatoms. The van der Waals surface area contributed by atoms with Gasteiger partial charge in [-0.3, -0.25) is 9.59 Å². The minimum atomic E-state index is -0.620. The molecule has 3 aliphatic heterocycles. The second-order valence-corrected chi connectivity index (χ2v) is 9.19. The number of para-hydroxylation sites is 1. The Bertz CT molecular complexity index is 830. The predicted octanol–water partition coefficient (Wildman–Crippen LogP) is 1.47. The van der Waals surface area contributed by atoms with Crippen LogP contribution in [0.1, 0.15) is 19.8 Å². The van der Waals surface area contributed by atoms with Crippen LogP contribution in [0.25, 0.3) is 0 Å². The summed E-state index contributed by atoms with van der Waals surface area (Å²) >= 11 is 1.59. The molecule has 3 heterocycles. The quantitative estimate of drug-likeness (QED) is 0.686. The van der Waals surface area contributed by atoms with Crippen molar-refractivity contribution < 1.29 is 23.5 Å². The van der Waals surface area contributed by atoms with Gasteiger partial charge < -0.3 is 19.4 Å². The Labute approximate surface area is 173 Å². The highest BCUT2D eigenvalue weighted by Crippen LogP contribution is 2.47. The van der Waals surface area contributed by atoms with Gasteiger partial charge in [-0.2, -0.15) is 0 Å². The number of hydrogen-bond acceptors (Lipinski definition) is 6. The van der Waals surface area contributed by atoms with E-state index < -0.39 is 12.0 Å². The SMILES string of the molecule is C[C@]12CCC(=O)N1[C@@H](C(=O)OCC(=O)N1CCN(c3ccccc3F)CC1)CS2. The summed E-state index contributed by atoms with van der Waals surface area (Å²) in [5.41, 5.74) is 0.531.